The number of benzene rings is 1. The minimum Gasteiger partial charge on any atom is -0.487 e. The smallest absolute Gasteiger partial charge is 0.143 e. The molecule has 0 radical (unpaired) electrons. The van der Waals surface area contributed by atoms with E-state index in [1.165, 1.54) is 0 Å². The van der Waals surface area contributed by atoms with Gasteiger partial charge < -0.3 is 4.74 Å². The maximum absolute atomic E-state index is 5.66. The molecule has 0 atom stereocenters. The Morgan fingerprint density at radius 3 is 2.74 bits per heavy atom. The average Bonchev–Trinajstić information content (AvgIpc) is 3.08. The van der Waals surface area contributed by atoms with Crippen LogP contribution < -0.4 is 4.74 Å². The summed E-state index contributed by atoms with van der Waals surface area (Å²) in [6.07, 6.45) is 1.55. The molecular formula is C12H11N5OS. The highest BCUT2D eigenvalue weighted by Gasteiger charge is 2.01. The Morgan fingerprint density at radius 1 is 1.26 bits per heavy atom. The van der Waals surface area contributed by atoms with Gasteiger partial charge in [0, 0.05) is 5.38 Å². The number of aromatic nitrogens is 5. The highest BCUT2D eigenvalue weighted by atomic mass is 32.1. The van der Waals surface area contributed by atoms with E-state index >= 15 is 0 Å². The predicted octanol–water partition coefficient (Wildman–Crippen LogP) is 2.01. The summed E-state index contributed by atoms with van der Waals surface area (Å²) in [6, 6.07) is 7.57. The molecule has 0 bridgehead atoms. The fraction of sp³-hybridized carbons (Fsp3) is 0.167. The van der Waals surface area contributed by atoms with E-state index < -0.39 is 0 Å². The van der Waals surface area contributed by atoms with Gasteiger partial charge in [0.1, 0.15) is 18.7 Å². The van der Waals surface area contributed by atoms with Crippen molar-refractivity contribution < 1.29 is 4.74 Å². The van der Waals surface area contributed by atoms with Gasteiger partial charge in [0.15, 0.2) is 0 Å². The zero-order chi connectivity index (χ0) is 13.1. The molecule has 0 aliphatic rings. The molecule has 0 saturated heterocycles. The second-order valence-electron chi connectivity index (χ2n) is 3.89. The SMILES string of the molecule is Cc1nc(COc2ccc(-n3cnnn3)cc2)cs1. The van der Waals surface area contributed by atoms with Crippen molar-refractivity contribution in [2.45, 2.75) is 13.5 Å². The van der Waals surface area contributed by atoms with Crippen LogP contribution in [0.2, 0.25) is 0 Å². The van der Waals surface area contributed by atoms with Gasteiger partial charge in [0.25, 0.3) is 0 Å². The predicted molar refractivity (Wildman–Crippen MR) is 70.3 cm³/mol. The van der Waals surface area contributed by atoms with E-state index in [0.29, 0.717) is 6.61 Å². The second-order valence-corrected chi connectivity index (χ2v) is 4.96. The molecule has 1 aromatic carbocycles. The summed E-state index contributed by atoms with van der Waals surface area (Å²) in [6.45, 7) is 2.46. The van der Waals surface area contributed by atoms with Crippen molar-refractivity contribution in [3.8, 4) is 11.4 Å². The molecule has 0 N–H and O–H groups in total. The molecule has 0 unspecified atom stereocenters. The molecule has 0 amide bonds. The first-order valence-electron chi connectivity index (χ1n) is 5.68. The van der Waals surface area contributed by atoms with Crippen LogP contribution in [0.25, 0.3) is 5.69 Å². The van der Waals surface area contributed by atoms with Gasteiger partial charge in [-0.1, -0.05) is 0 Å². The molecule has 0 aliphatic heterocycles. The lowest BCUT2D eigenvalue weighted by Gasteiger charge is -2.05. The van der Waals surface area contributed by atoms with Crippen molar-refractivity contribution in [2.75, 3.05) is 0 Å². The monoisotopic (exact) mass is 273 g/mol. The van der Waals surface area contributed by atoms with E-state index in [-0.39, 0.29) is 0 Å². The topological polar surface area (TPSA) is 65.7 Å². The Hall–Kier alpha value is -2.28. The van der Waals surface area contributed by atoms with Gasteiger partial charge in [-0.05, 0) is 41.6 Å². The zero-order valence-electron chi connectivity index (χ0n) is 10.2. The van der Waals surface area contributed by atoms with Crippen LogP contribution in [0.15, 0.2) is 36.0 Å². The molecule has 2 heterocycles. The van der Waals surface area contributed by atoms with Crippen LogP contribution in [0.1, 0.15) is 10.7 Å². The molecule has 0 spiro atoms. The van der Waals surface area contributed by atoms with Crippen LogP contribution in [0.5, 0.6) is 5.75 Å². The third-order valence-corrected chi connectivity index (χ3v) is 3.33. The van der Waals surface area contributed by atoms with E-state index in [0.717, 1.165) is 22.1 Å². The summed E-state index contributed by atoms with van der Waals surface area (Å²) in [4.78, 5) is 4.35. The van der Waals surface area contributed by atoms with Gasteiger partial charge in [0.2, 0.25) is 0 Å². The standard InChI is InChI=1S/C12H11N5OS/c1-9-14-10(7-19-9)6-18-12-4-2-11(3-5-12)17-8-13-15-16-17/h2-5,7-8H,6H2,1H3. The molecule has 96 valence electrons. The van der Waals surface area contributed by atoms with Gasteiger partial charge in [0.05, 0.1) is 16.4 Å². The Labute approximate surface area is 113 Å². The van der Waals surface area contributed by atoms with E-state index in [1.54, 1.807) is 22.3 Å². The lowest BCUT2D eigenvalue weighted by molar-refractivity contribution is 0.302. The molecule has 6 nitrogen and oxygen atoms in total. The van der Waals surface area contributed by atoms with E-state index in [1.807, 2.05) is 36.6 Å². The molecule has 19 heavy (non-hydrogen) atoms. The molecule has 7 heteroatoms. The van der Waals surface area contributed by atoms with Crippen molar-refractivity contribution >= 4 is 11.3 Å². The number of thiazole rings is 1. The number of tetrazole rings is 1. The summed E-state index contributed by atoms with van der Waals surface area (Å²) >= 11 is 1.62. The highest BCUT2D eigenvalue weighted by molar-refractivity contribution is 7.09. The Kier molecular flexibility index (Phi) is 3.20. The van der Waals surface area contributed by atoms with Crippen LogP contribution in [0, 0.1) is 6.92 Å². The fourth-order valence-electron chi connectivity index (χ4n) is 1.61. The van der Waals surface area contributed by atoms with Crippen LogP contribution in [0.4, 0.5) is 0 Å². The van der Waals surface area contributed by atoms with Crippen LogP contribution >= 0.6 is 11.3 Å². The largest absolute Gasteiger partial charge is 0.487 e. The fourth-order valence-corrected chi connectivity index (χ4v) is 2.20. The van der Waals surface area contributed by atoms with Crippen molar-refractivity contribution in [3.63, 3.8) is 0 Å². The number of ether oxygens (including phenoxy) is 1. The normalized spacial score (nSPS) is 10.6. The van der Waals surface area contributed by atoms with Gasteiger partial charge >= 0.3 is 0 Å². The minimum atomic E-state index is 0.481. The number of rotatable bonds is 4. The first-order chi connectivity index (χ1) is 9.31. The lowest BCUT2D eigenvalue weighted by Crippen LogP contribution is -1.97. The first-order valence-corrected chi connectivity index (χ1v) is 6.56. The van der Waals surface area contributed by atoms with Crippen molar-refractivity contribution in [2.24, 2.45) is 0 Å². The summed E-state index contributed by atoms with van der Waals surface area (Å²) in [5.41, 5.74) is 1.84. The lowest BCUT2D eigenvalue weighted by atomic mass is 10.3. The number of nitrogens with zero attached hydrogens (tertiary/aromatic N) is 5. The molecule has 0 fully saturated rings. The minimum absolute atomic E-state index is 0.481. The number of hydrogen-bond acceptors (Lipinski definition) is 6. The molecule has 2 aromatic heterocycles. The highest BCUT2D eigenvalue weighted by Crippen LogP contribution is 2.16. The molecule has 0 saturated carbocycles. The van der Waals surface area contributed by atoms with Gasteiger partial charge in [-0.2, -0.15) is 0 Å². The third kappa shape index (κ3) is 2.76. The summed E-state index contributed by atoms with van der Waals surface area (Å²) in [7, 11) is 0. The quantitative estimate of drug-likeness (QED) is 0.727. The molecule has 0 aliphatic carbocycles. The van der Waals surface area contributed by atoms with Crippen LogP contribution in [-0.2, 0) is 6.61 Å². The molecule has 3 aromatic rings. The Morgan fingerprint density at radius 2 is 2.11 bits per heavy atom. The zero-order valence-corrected chi connectivity index (χ0v) is 11.0. The maximum Gasteiger partial charge on any atom is 0.143 e. The van der Waals surface area contributed by atoms with Gasteiger partial charge in [-0.3, -0.25) is 0 Å². The third-order valence-electron chi connectivity index (χ3n) is 2.50. The number of hydrogen-bond donors (Lipinski definition) is 0. The van der Waals surface area contributed by atoms with Crippen molar-refractivity contribution in [1.29, 1.82) is 0 Å². The van der Waals surface area contributed by atoms with Gasteiger partial charge in [-0.15, -0.1) is 16.4 Å². The summed E-state index contributed by atoms with van der Waals surface area (Å²) < 4.78 is 7.25. The summed E-state index contributed by atoms with van der Waals surface area (Å²) in [5.74, 6) is 0.794. The van der Waals surface area contributed by atoms with Crippen molar-refractivity contribution in [3.05, 3.63) is 46.7 Å². The summed E-state index contributed by atoms with van der Waals surface area (Å²) in [5, 5.41) is 14.1. The second kappa shape index (κ2) is 5.15. The molecule has 3 rings (SSSR count). The Balaban J connectivity index is 1.66. The van der Waals surface area contributed by atoms with Gasteiger partial charge in [-0.25, -0.2) is 9.67 Å². The van der Waals surface area contributed by atoms with Crippen LogP contribution in [-0.4, -0.2) is 25.2 Å². The van der Waals surface area contributed by atoms with Crippen LogP contribution in [0.3, 0.4) is 0 Å². The first kappa shape index (κ1) is 11.8. The maximum atomic E-state index is 5.66. The number of aryl methyl sites for hydroxylation is 1. The van der Waals surface area contributed by atoms with E-state index in [4.69, 9.17) is 4.74 Å². The average molecular weight is 273 g/mol. The van der Waals surface area contributed by atoms with E-state index in [2.05, 4.69) is 20.5 Å². The van der Waals surface area contributed by atoms with E-state index in [9.17, 15) is 0 Å². The van der Waals surface area contributed by atoms with Crippen molar-refractivity contribution in [1.82, 2.24) is 25.2 Å². The Bertz CT molecular complexity index is 647. The molecular weight excluding hydrogens is 262 g/mol.